The van der Waals surface area contributed by atoms with Gasteiger partial charge in [0.25, 0.3) is 0 Å². The molecule has 6 heteroatoms. The molecule has 0 aliphatic rings. The van der Waals surface area contributed by atoms with Crippen LogP contribution in [0, 0.1) is 0 Å². The Kier molecular flexibility index (Phi) is 3.66. The first-order valence-electron chi connectivity index (χ1n) is 5.91. The molecule has 0 unspecified atom stereocenters. The van der Waals surface area contributed by atoms with Crippen LogP contribution in [0.25, 0.3) is 0 Å². The third-order valence-corrected chi connectivity index (χ3v) is 2.52. The number of H-pyrrole nitrogens is 1. The van der Waals surface area contributed by atoms with Crippen molar-refractivity contribution < 1.29 is 9.15 Å². The molecule has 2 aromatic heterocycles. The first-order valence-corrected chi connectivity index (χ1v) is 5.91. The molecule has 2 aromatic rings. The van der Waals surface area contributed by atoms with E-state index in [0.29, 0.717) is 18.1 Å². The first kappa shape index (κ1) is 12.6. The van der Waals surface area contributed by atoms with E-state index >= 15 is 0 Å². The van der Waals surface area contributed by atoms with Crippen LogP contribution in [-0.4, -0.2) is 20.9 Å². The molecule has 2 heterocycles. The third kappa shape index (κ3) is 2.70. The normalized spacial score (nSPS) is 13.1. The minimum Gasteiger partial charge on any atom is -0.467 e. The summed E-state index contributed by atoms with van der Waals surface area (Å²) in [6.45, 7) is 6.11. The lowest BCUT2D eigenvalue weighted by atomic mass is 10.3. The number of aromatic nitrogens is 3. The van der Waals surface area contributed by atoms with Crippen LogP contribution >= 0.6 is 0 Å². The number of rotatable bonds is 5. The lowest BCUT2D eigenvalue weighted by Crippen LogP contribution is -2.21. The summed E-state index contributed by atoms with van der Waals surface area (Å²) >= 11 is 0. The highest BCUT2D eigenvalue weighted by Gasteiger charge is 2.17. The van der Waals surface area contributed by atoms with Gasteiger partial charge in [0.05, 0.1) is 18.9 Å². The summed E-state index contributed by atoms with van der Waals surface area (Å²) in [5, 5.41) is 6.45. The molecule has 18 heavy (non-hydrogen) atoms. The highest BCUT2D eigenvalue weighted by molar-refractivity contribution is 5.02. The molecule has 0 aliphatic heterocycles. The number of nitrogens with zero attached hydrogens (tertiary/aromatic N) is 2. The Morgan fingerprint density at radius 2 is 2.28 bits per heavy atom. The predicted octanol–water partition coefficient (Wildman–Crippen LogP) is 1.70. The van der Waals surface area contributed by atoms with Gasteiger partial charge < -0.3 is 9.15 Å². The van der Waals surface area contributed by atoms with Gasteiger partial charge in [-0.15, -0.1) is 0 Å². The molecule has 0 spiro atoms. The molecule has 0 saturated heterocycles. The van der Waals surface area contributed by atoms with Crippen molar-refractivity contribution in [3.05, 3.63) is 40.5 Å². The Labute approximate surface area is 105 Å². The Bertz CT molecular complexity index is 539. The molecule has 0 radical (unpaired) electrons. The van der Waals surface area contributed by atoms with Gasteiger partial charge in [-0.25, -0.2) is 9.89 Å². The fourth-order valence-corrected chi connectivity index (χ4v) is 1.82. The summed E-state index contributed by atoms with van der Waals surface area (Å²) in [6.07, 6.45) is 1.40. The van der Waals surface area contributed by atoms with Crippen molar-refractivity contribution in [1.29, 1.82) is 0 Å². The van der Waals surface area contributed by atoms with Crippen molar-refractivity contribution in [2.24, 2.45) is 0 Å². The second-order valence-corrected chi connectivity index (χ2v) is 4.38. The van der Waals surface area contributed by atoms with Gasteiger partial charge in [0.1, 0.15) is 11.9 Å². The molecule has 98 valence electrons. The Balaban J connectivity index is 2.24. The quantitative estimate of drug-likeness (QED) is 0.877. The number of aromatic amines is 1. The molecule has 0 bridgehead atoms. The summed E-state index contributed by atoms with van der Waals surface area (Å²) in [7, 11) is 0. The molecule has 1 N–H and O–H groups in total. The molecule has 0 aromatic carbocycles. The number of ether oxygens (including phenoxy) is 1. The minimum atomic E-state index is -0.263. The fraction of sp³-hybridized carbons (Fsp3) is 0.500. The average molecular weight is 251 g/mol. The second kappa shape index (κ2) is 5.22. The van der Waals surface area contributed by atoms with Gasteiger partial charge in [-0.1, -0.05) is 0 Å². The Morgan fingerprint density at radius 3 is 2.89 bits per heavy atom. The van der Waals surface area contributed by atoms with Gasteiger partial charge >= 0.3 is 5.69 Å². The zero-order valence-corrected chi connectivity index (χ0v) is 10.7. The van der Waals surface area contributed by atoms with E-state index in [1.54, 1.807) is 12.3 Å². The highest BCUT2D eigenvalue weighted by Crippen LogP contribution is 2.15. The average Bonchev–Trinajstić information content (AvgIpc) is 2.90. The van der Waals surface area contributed by atoms with Gasteiger partial charge in [0.15, 0.2) is 5.82 Å². The first-order chi connectivity index (χ1) is 8.58. The molecule has 2 rings (SSSR count). The topological polar surface area (TPSA) is 73.0 Å². The van der Waals surface area contributed by atoms with E-state index < -0.39 is 0 Å². The van der Waals surface area contributed by atoms with Crippen molar-refractivity contribution in [3.8, 4) is 0 Å². The van der Waals surface area contributed by atoms with Crippen LogP contribution < -0.4 is 5.69 Å². The summed E-state index contributed by atoms with van der Waals surface area (Å²) in [5.41, 5.74) is -0.263. The molecule has 0 saturated carbocycles. The van der Waals surface area contributed by atoms with E-state index in [2.05, 4.69) is 10.2 Å². The molecule has 6 nitrogen and oxygen atoms in total. The summed E-state index contributed by atoms with van der Waals surface area (Å²) in [4.78, 5) is 11.7. The molecular formula is C12H17N3O3. The van der Waals surface area contributed by atoms with Gasteiger partial charge in [-0.05, 0) is 32.9 Å². The number of hydrogen-bond acceptors (Lipinski definition) is 4. The zero-order valence-electron chi connectivity index (χ0n) is 10.7. The van der Waals surface area contributed by atoms with Crippen molar-refractivity contribution in [2.45, 2.75) is 39.5 Å². The van der Waals surface area contributed by atoms with Gasteiger partial charge in [-0.3, -0.25) is 4.57 Å². The number of nitrogens with one attached hydrogen (secondary N) is 1. The highest BCUT2D eigenvalue weighted by atomic mass is 16.5. The monoisotopic (exact) mass is 251 g/mol. The van der Waals surface area contributed by atoms with E-state index in [4.69, 9.17) is 9.15 Å². The fourth-order valence-electron chi connectivity index (χ4n) is 1.82. The van der Waals surface area contributed by atoms with Crippen LogP contribution in [0.4, 0.5) is 0 Å². The molecule has 0 amide bonds. The van der Waals surface area contributed by atoms with Crippen molar-refractivity contribution >= 4 is 0 Å². The molecule has 0 aliphatic carbocycles. The third-order valence-electron chi connectivity index (χ3n) is 2.52. The summed E-state index contributed by atoms with van der Waals surface area (Å²) in [6, 6.07) is 3.60. The van der Waals surface area contributed by atoms with Crippen molar-refractivity contribution in [2.75, 3.05) is 0 Å². The molecule has 1 atom stereocenters. The maximum absolute atomic E-state index is 11.7. The lowest BCUT2D eigenvalue weighted by Gasteiger charge is -2.15. The Morgan fingerprint density at radius 1 is 1.50 bits per heavy atom. The summed E-state index contributed by atoms with van der Waals surface area (Å²) < 4.78 is 12.4. The van der Waals surface area contributed by atoms with Crippen LogP contribution in [0.3, 0.4) is 0 Å². The maximum atomic E-state index is 11.7. The van der Waals surface area contributed by atoms with Crippen LogP contribution in [0.5, 0.6) is 0 Å². The van der Waals surface area contributed by atoms with E-state index in [0.717, 1.165) is 0 Å². The van der Waals surface area contributed by atoms with Crippen molar-refractivity contribution in [3.63, 3.8) is 0 Å². The standard InChI is InChI=1S/C12H17N3O3/c1-8(2)18-9(3)11-13-14-12(16)15(11)7-10-5-4-6-17-10/h4-6,8-9H,7H2,1-3H3,(H,14,16)/t9-/m0/s1. The van der Waals surface area contributed by atoms with Gasteiger partial charge in [-0.2, -0.15) is 5.10 Å². The molecule has 0 fully saturated rings. The minimum absolute atomic E-state index is 0.0730. The smallest absolute Gasteiger partial charge is 0.343 e. The van der Waals surface area contributed by atoms with E-state index in [9.17, 15) is 4.79 Å². The van der Waals surface area contributed by atoms with E-state index in [1.807, 2.05) is 26.8 Å². The van der Waals surface area contributed by atoms with Crippen molar-refractivity contribution in [1.82, 2.24) is 14.8 Å². The van der Waals surface area contributed by atoms with Crippen LogP contribution in [0.2, 0.25) is 0 Å². The molecular weight excluding hydrogens is 234 g/mol. The van der Waals surface area contributed by atoms with Crippen LogP contribution in [0.15, 0.2) is 27.6 Å². The maximum Gasteiger partial charge on any atom is 0.343 e. The van der Waals surface area contributed by atoms with E-state index in [-0.39, 0.29) is 17.9 Å². The zero-order chi connectivity index (χ0) is 13.1. The number of hydrogen-bond donors (Lipinski definition) is 1. The largest absolute Gasteiger partial charge is 0.467 e. The predicted molar refractivity (Wildman–Crippen MR) is 65.3 cm³/mol. The van der Waals surface area contributed by atoms with Gasteiger partial charge in [0.2, 0.25) is 0 Å². The van der Waals surface area contributed by atoms with Crippen LogP contribution in [0.1, 0.15) is 38.5 Å². The van der Waals surface area contributed by atoms with Gasteiger partial charge in [0, 0.05) is 0 Å². The second-order valence-electron chi connectivity index (χ2n) is 4.38. The van der Waals surface area contributed by atoms with E-state index in [1.165, 1.54) is 4.57 Å². The lowest BCUT2D eigenvalue weighted by molar-refractivity contribution is 0.0108. The van der Waals surface area contributed by atoms with Crippen LogP contribution in [-0.2, 0) is 11.3 Å². The number of furan rings is 1. The Hall–Kier alpha value is -1.82. The SMILES string of the molecule is CC(C)O[C@@H](C)c1n[nH]c(=O)n1Cc1ccco1. The summed E-state index contributed by atoms with van der Waals surface area (Å²) in [5.74, 6) is 1.28.